The zero-order chi connectivity index (χ0) is 19.7. The number of allylic oxidation sites excluding steroid dienone is 2. The van der Waals surface area contributed by atoms with E-state index in [9.17, 15) is 0 Å². The molecular weight excluding hydrogens is 519 g/mol. The summed E-state index contributed by atoms with van der Waals surface area (Å²) in [5, 5.41) is 0. The first-order valence-corrected chi connectivity index (χ1v) is 24.4. The maximum absolute atomic E-state index is 2.68. The summed E-state index contributed by atoms with van der Waals surface area (Å²) in [5.41, 5.74) is 10.0. The van der Waals surface area contributed by atoms with Gasteiger partial charge in [0.2, 0.25) is 0 Å². The summed E-state index contributed by atoms with van der Waals surface area (Å²) >= 11 is -2.03. The van der Waals surface area contributed by atoms with E-state index in [1.165, 1.54) is 36.8 Å². The Labute approximate surface area is 179 Å². The molecule has 0 heterocycles. The van der Waals surface area contributed by atoms with Gasteiger partial charge in [0, 0.05) is 0 Å². The quantitative estimate of drug-likeness (QED) is 0.313. The molecule has 2 heteroatoms. The van der Waals surface area contributed by atoms with Crippen molar-refractivity contribution in [1.82, 2.24) is 0 Å². The molecule has 0 saturated carbocycles. The fourth-order valence-electron chi connectivity index (χ4n) is 5.41. The van der Waals surface area contributed by atoms with Gasteiger partial charge in [-0.1, -0.05) is 0 Å². The average molecular weight is 552 g/mol. The number of hydrogen-bond acceptors (Lipinski definition) is 0. The van der Waals surface area contributed by atoms with E-state index >= 15 is 0 Å². The summed E-state index contributed by atoms with van der Waals surface area (Å²) in [6.45, 7) is 10.1. The van der Waals surface area contributed by atoms with E-state index in [4.69, 9.17) is 0 Å². The maximum atomic E-state index is 2.68. The number of fused-ring (bicyclic) bond motifs is 2. The predicted molar refractivity (Wildman–Crippen MR) is 123 cm³/mol. The Kier molecular flexibility index (Phi) is 6.37. The van der Waals surface area contributed by atoms with Gasteiger partial charge in [0.25, 0.3) is 0 Å². The Hall–Kier alpha value is -0.993. The fourth-order valence-corrected chi connectivity index (χ4v) is 37.9. The van der Waals surface area contributed by atoms with E-state index in [1.807, 2.05) is 0 Å². The second-order valence-electron chi connectivity index (χ2n) is 8.72. The third kappa shape index (κ3) is 3.63. The molecule has 0 radical (unpaired) electrons. The molecule has 2 aliphatic carbocycles. The Balaban J connectivity index is 1.83. The van der Waals surface area contributed by atoms with Gasteiger partial charge in [0.05, 0.1) is 0 Å². The zero-order valence-electron chi connectivity index (χ0n) is 17.8. The summed E-state index contributed by atoms with van der Waals surface area (Å²) in [6, 6.07) is 18.7. The van der Waals surface area contributed by atoms with E-state index in [1.54, 1.807) is 22.3 Å². The topological polar surface area (TPSA) is 0 Å². The summed E-state index contributed by atoms with van der Waals surface area (Å²) in [4.78, 5) is 0. The first kappa shape index (κ1) is 20.3. The Morgan fingerprint density at radius 2 is 1.14 bits per heavy atom. The van der Waals surface area contributed by atoms with Crippen LogP contribution < -0.4 is 0 Å². The fraction of sp³-hybridized carbons (Fsp3) is 0.385. The van der Waals surface area contributed by atoms with Crippen LogP contribution in [0.15, 0.2) is 59.7 Å². The van der Waals surface area contributed by atoms with Crippen molar-refractivity contribution in [1.29, 1.82) is 0 Å². The van der Waals surface area contributed by atoms with Gasteiger partial charge in [0.15, 0.2) is 0 Å². The first-order chi connectivity index (χ1) is 13.7. The van der Waals surface area contributed by atoms with Crippen molar-refractivity contribution in [3.63, 3.8) is 0 Å². The van der Waals surface area contributed by atoms with Gasteiger partial charge >= 0.3 is 181 Å². The van der Waals surface area contributed by atoms with Crippen LogP contribution in [0.25, 0.3) is 12.2 Å². The van der Waals surface area contributed by atoms with Gasteiger partial charge in [-0.25, -0.2) is 0 Å². The van der Waals surface area contributed by atoms with Crippen LogP contribution in [-0.4, -0.2) is 5.98 Å². The van der Waals surface area contributed by atoms with Crippen molar-refractivity contribution < 1.29 is 20.6 Å². The van der Waals surface area contributed by atoms with E-state index in [2.05, 4.69) is 87.6 Å². The van der Waals surface area contributed by atoms with Gasteiger partial charge < -0.3 is 0 Å². The van der Waals surface area contributed by atoms with E-state index in [0.717, 1.165) is 7.35 Å². The summed E-state index contributed by atoms with van der Waals surface area (Å²) in [6.07, 6.45) is 10.3. The molecule has 4 rings (SSSR count). The first-order valence-electron chi connectivity index (χ1n) is 11.1. The molecule has 0 aromatic heterocycles. The minimum atomic E-state index is -2.03. The summed E-state index contributed by atoms with van der Waals surface area (Å²) in [7, 11) is 0. The van der Waals surface area contributed by atoms with Crippen molar-refractivity contribution in [3.8, 4) is 0 Å². The Morgan fingerprint density at radius 1 is 0.714 bits per heavy atom. The molecule has 0 spiro atoms. The second-order valence-corrected chi connectivity index (χ2v) is 36.7. The Morgan fingerprint density at radius 3 is 1.54 bits per heavy atom. The molecule has 0 fully saturated rings. The van der Waals surface area contributed by atoms with Crippen LogP contribution >= 0.6 is 0 Å². The van der Waals surface area contributed by atoms with Gasteiger partial charge in [-0.2, -0.15) is 0 Å². The molecule has 0 bridgehead atoms. The van der Waals surface area contributed by atoms with Crippen LogP contribution in [0.4, 0.5) is 0 Å². The van der Waals surface area contributed by atoms with Gasteiger partial charge in [-0.15, -0.1) is 0 Å². The predicted octanol–water partition coefficient (Wildman–Crippen LogP) is 7.46. The SMILES string of the molecule is CCCC1=Cc2ccccc2[CH]1[Hf]([CH]1C(CCC)=Cc2ccccc21)[SiH](C)C. The number of rotatable bonds is 7. The van der Waals surface area contributed by atoms with Crippen molar-refractivity contribution in [2.75, 3.05) is 0 Å². The van der Waals surface area contributed by atoms with Gasteiger partial charge in [-0.05, 0) is 0 Å². The molecule has 145 valence electrons. The molecular formula is C26H33HfSi. The van der Waals surface area contributed by atoms with Crippen LogP contribution in [0, 0.1) is 0 Å². The van der Waals surface area contributed by atoms with Crippen LogP contribution in [0.2, 0.25) is 13.1 Å². The van der Waals surface area contributed by atoms with Crippen molar-refractivity contribution in [3.05, 3.63) is 81.9 Å². The van der Waals surface area contributed by atoms with Crippen LogP contribution in [0.1, 0.15) is 69.1 Å². The second kappa shape index (κ2) is 8.79. The van der Waals surface area contributed by atoms with Gasteiger partial charge in [0.1, 0.15) is 0 Å². The molecule has 2 aliphatic rings. The van der Waals surface area contributed by atoms with Gasteiger partial charge in [-0.3, -0.25) is 0 Å². The molecule has 0 N–H and O–H groups in total. The van der Waals surface area contributed by atoms with E-state index in [0.29, 0.717) is 0 Å². The van der Waals surface area contributed by atoms with E-state index in [-0.39, 0.29) is 0 Å². The monoisotopic (exact) mass is 553 g/mol. The summed E-state index contributed by atoms with van der Waals surface area (Å²) < 4.78 is 1.65. The van der Waals surface area contributed by atoms with Crippen LogP contribution in [-0.2, 0) is 20.6 Å². The third-order valence-corrected chi connectivity index (χ3v) is 37.3. The van der Waals surface area contributed by atoms with Crippen LogP contribution in [0.5, 0.6) is 0 Å². The molecule has 2 aromatic carbocycles. The molecule has 0 nitrogen and oxygen atoms in total. The Bertz CT molecular complexity index is 837. The summed E-state index contributed by atoms with van der Waals surface area (Å²) in [5.74, 6) is -0.705. The molecule has 2 atom stereocenters. The standard InChI is InChI=1S/2C12H13.C2H7Si.Hf/c2*1-2-5-10-8-11-6-3-4-7-12(11)9-10;1-3-2;/h2*3-4,6-9H,2,5H2,1H3;3H,1-2H3;. The van der Waals surface area contributed by atoms with Crippen molar-refractivity contribution in [2.24, 2.45) is 0 Å². The zero-order valence-corrected chi connectivity index (χ0v) is 22.6. The number of hydrogen-bond donors (Lipinski definition) is 0. The minimum absolute atomic E-state index is 0.705. The molecule has 0 amide bonds. The van der Waals surface area contributed by atoms with Crippen LogP contribution in [0.3, 0.4) is 0 Å². The molecule has 0 saturated heterocycles. The molecule has 28 heavy (non-hydrogen) atoms. The van der Waals surface area contributed by atoms with Crippen molar-refractivity contribution in [2.45, 2.75) is 60.0 Å². The molecule has 2 unspecified atom stereocenters. The molecule has 0 aliphatic heterocycles. The van der Waals surface area contributed by atoms with Crippen molar-refractivity contribution >= 4 is 18.1 Å². The normalized spacial score (nSPS) is 20.0. The third-order valence-electron chi connectivity index (χ3n) is 6.45. The molecule has 2 aromatic rings. The number of benzene rings is 2. The average Bonchev–Trinajstić information content (AvgIpc) is 3.22. The van der Waals surface area contributed by atoms with E-state index < -0.39 is 26.6 Å².